The number of nitrogens with zero attached hydrogens (tertiary/aromatic N) is 4. The average molecular weight is 350 g/mol. The summed E-state index contributed by atoms with van der Waals surface area (Å²) in [6, 6.07) is 7.00. The van der Waals surface area contributed by atoms with Crippen molar-refractivity contribution < 1.29 is 9.59 Å². The van der Waals surface area contributed by atoms with Gasteiger partial charge in [-0.15, -0.1) is 0 Å². The standard InChI is InChI=1S/C20H22N4O2/c1-13-21-17-10-6-5-9-16(17)18(22-13)23(2)11-12-24-19(25)14-7-3-4-8-15(14)20(24)26/h3-4,7-8H,5-6,9-12H2,1-2H3. The van der Waals surface area contributed by atoms with E-state index >= 15 is 0 Å². The van der Waals surface area contributed by atoms with Gasteiger partial charge in [-0.25, -0.2) is 9.97 Å². The van der Waals surface area contributed by atoms with Crippen LogP contribution in [-0.4, -0.2) is 46.8 Å². The molecule has 0 fully saturated rings. The van der Waals surface area contributed by atoms with E-state index in [4.69, 9.17) is 0 Å². The third-order valence-corrected chi connectivity index (χ3v) is 5.17. The molecule has 0 saturated heterocycles. The number of carbonyl (C=O) groups excluding carboxylic acids is 2. The Hall–Kier alpha value is -2.76. The van der Waals surface area contributed by atoms with Gasteiger partial charge in [0.2, 0.25) is 0 Å². The number of fused-ring (bicyclic) bond motifs is 2. The van der Waals surface area contributed by atoms with Crippen LogP contribution in [-0.2, 0) is 12.8 Å². The summed E-state index contributed by atoms with van der Waals surface area (Å²) < 4.78 is 0. The summed E-state index contributed by atoms with van der Waals surface area (Å²) in [6.07, 6.45) is 4.31. The van der Waals surface area contributed by atoms with Crippen LogP contribution in [0.4, 0.5) is 5.82 Å². The second kappa shape index (κ2) is 6.52. The minimum atomic E-state index is -0.208. The molecular formula is C20H22N4O2. The van der Waals surface area contributed by atoms with Crippen molar-refractivity contribution in [1.29, 1.82) is 0 Å². The molecule has 0 unspecified atom stereocenters. The number of benzene rings is 1. The lowest BCUT2D eigenvalue weighted by molar-refractivity contribution is 0.0658. The van der Waals surface area contributed by atoms with Gasteiger partial charge in [-0.05, 0) is 44.7 Å². The Morgan fingerprint density at radius 3 is 2.38 bits per heavy atom. The van der Waals surface area contributed by atoms with E-state index in [2.05, 4.69) is 9.97 Å². The molecule has 1 aliphatic carbocycles. The highest BCUT2D eigenvalue weighted by Crippen LogP contribution is 2.28. The molecular weight excluding hydrogens is 328 g/mol. The second-order valence-electron chi connectivity index (χ2n) is 6.96. The van der Waals surface area contributed by atoms with Gasteiger partial charge in [-0.2, -0.15) is 0 Å². The zero-order chi connectivity index (χ0) is 18.3. The van der Waals surface area contributed by atoms with E-state index in [1.165, 1.54) is 16.9 Å². The first kappa shape index (κ1) is 16.7. The maximum Gasteiger partial charge on any atom is 0.261 e. The number of hydrogen-bond donors (Lipinski definition) is 0. The van der Waals surface area contributed by atoms with Crippen molar-refractivity contribution in [3.8, 4) is 0 Å². The number of hydrogen-bond acceptors (Lipinski definition) is 5. The predicted octanol–water partition coefficient (Wildman–Crippen LogP) is 2.40. The van der Waals surface area contributed by atoms with Crippen LogP contribution in [0.3, 0.4) is 0 Å². The number of amides is 2. The van der Waals surface area contributed by atoms with Crippen LogP contribution in [0.5, 0.6) is 0 Å². The van der Waals surface area contributed by atoms with E-state index in [1.807, 2.05) is 18.9 Å². The number of likely N-dealkylation sites (N-methyl/N-ethyl adjacent to an activating group) is 1. The monoisotopic (exact) mass is 350 g/mol. The Morgan fingerprint density at radius 2 is 1.69 bits per heavy atom. The van der Waals surface area contributed by atoms with Gasteiger partial charge in [-0.1, -0.05) is 12.1 Å². The quantitative estimate of drug-likeness (QED) is 0.792. The van der Waals surface area contributed by atoms with Crippen LogP contribution in [0.25, 0.3) is 0 Å². The number of anilines is 1. The minimum Gasteiger partial charge on any atom is -0.358 e. The topological polar surface area (TPSA) is 66.4 Å². The van der Waals surface area contributed by atoms with Crippen LogP contribution in [0.2, 0.25) is 0 Å². The lowest BCUT2D eigenvalue weighted by Gasteiger charge is -2.26. The van der Waals surface area contributed by atoms with Crippen LogP contribution in [0.1, 0.15) is 50.6 Å². The molecule has 2 heterocycles. The molecule has 1 aromatic carbocycles. The molecule has 0 radical (unpaired) electrons. The molecule has 2 aliphatic rings. The number of aryl methyl sites for hydroxylation is 2. The first-order valence-corrected chi connectivity index (χ1v) is 9.09. The van der Waals surface area contributed by atoms with Crippen LogP contribution in [0, 0.1) is 6.92 Å². The van der Waals surface area contributed by atoms with E-state index in [9.17, 15) is 9.59 Å². The van der Waals surface area contributed by atoms with E-state index in [0.29, 0.717) is 24.2 Å². The third-order valence-electron chi connectivity index (χ3n) is 5.17. The lowest BCUT2D eigenvalue weighted by Crippen LogP contribution is -2.37. The summed E-state index contributed by atoms with van der Waals surface area (Å²) >= 11 is 0. The Labute approximate surface area is 152 Å². The summed E-state index contributed by atoms with van der Waals surface area (Å²) in [4.78, 5) is 37.6. The molecule has 2 amide bonds. The van der Waals surface area contributed by atoms with Crippen molar-refractivity contribution >= 4 is 17.6 Å². The molecule has 0 atom stereocenters. The highest BCUT2D eigenvalue weighted by atomic mass is 16.2. The van der Waals surface area contributed by atoms with E-state index in [0.717, 1.165) is 36.6 Å². The Balaban J connectivity index is 1.52. The maximum atomic E-state index is 12.5. The number of rotatable bonds is 4. The van der Waals surface area contributed by atoms with Crippen molar-refractivity contribution in [3.05, 3.63) is 52.5 Å². The van der Waals surface area contributed by atoms with Gasteiger partial charge in [0, 0.05) is 31.4 Å². The number of aromatic nitrogens is 2. The van der Waals surface area contributed by atoms with Crippen molar-refractivity contribution in [3.63, 3.8) is 0 Å². The zero-order valence-electron chi connectivity index (χ0n) is 15.2. The number of imide groups is 1. The predicted molar refractivity (Wildman–Crippen MR) is 98.5 cm³/mol. The molecule has 6 heteroatoms. The van der Waals surface area contributed by atoms with Crippen LogP contribution in [0.15, 0.2) is 24.3 Å². The second-order valence-corrected chi connectivity index (χ2v) is 6.96. The molecule has 0 spiro atoms. The van der Waals surface area contributed by atoms with Crippen molar-refractivity contribution in [2.75, 3.05) is 25.0 Å². The van der Waals surface area contributed by atoms with Gasteiger partial charge >= 0.3 is 0 Å². The van der Waals surface area contributed by atoms with Gasteiger partial charge in [0.05, 0.1) is 11.1 Å². The Morgan fingerprint density at radius 1 is 1.04 bits per heavy atom. The number of carbonyl (C=O) groups is 2. The average Bonchev–Trinajstić information content (AvgIpc) is 2.90. The summed E-state index contributed by atoms with van der Waals surface area (Å²) in [5.41, 5.74) is 3.35. The normalized spacial score (nSPS) is 15.8. The van der Waals surface area contributed by atoms with Crippen molar-refractivity contribution in [1.82, 2.24) is 14.9 Å². The van der Waals surface area contributed by atoms with Crippen molar-refractivity contribution in [2.45, 2.75) is 32.6 Å². The molecule has 4 rings (SSSR count). The lowest BCUT2D eigenvalue weighted by atomic mass is 9.96. The molecule has 26 heavy (non-hydrogen) atoms. The molecule has 0 saturated carbocycles. The van der Waals surface area contributed by atoms with E-state index < -0.39 is 0 Å². The minimum absolute atomic E-state index is 0.208. The largest absolute Gasteiger partial charge is 0.358 e. The van der Waals surface area contributed by atoms with Gasteiger partial charge in [0.15, 0.2) is 0 Å². The van der Waals surface area contributed by atoms with Gasteiger partial charge in [0.1, 0.15) is 11.6 Å². The fraction of sp³-hybridized carbons (Fsp3) is 0.400. The maximum absolute atomic E-state index is 12.5. The molecule has 1 aromatic heterocycles. The molecule has 1 aliphatic heterocycles. The fourth-order valence-corrected chi connectivity index (χ4v) is 3.81. The molecule has 134 valence electrons. The highest BCUT2D eigenvalue weighted by Gasteiger charge is 2.35. The summed E-state index contributed by atoms with van der Waals surface area (Å²) in [5.74, 6) is 1.29. The van der Waals surface area contributed by atoms with Gasteiger partial charge in [0.25, 0.3) is 11.8 Å². The first-order valence-electron chi connectivity index (χ1n) is 9.09. The van der Waals surface area contributed by atoms with Crippen molar-refractivity contribution in [2.24, 2.45) is 0 Å². The fourth-order valence-electron chi connectivity index (χ4n) is 3.81. The first-order chi connectivity index (χ1) is 12.6. The van der Waals surface area contributed by atoms with Gasteiger partial charge < -0.3 is 4.90 Å². The van der Waals surface area contributed by atoms with E-state index in [-0.39, 0.29) is 11.8 Å². The van der Waals surface area contributed by atoms with Gasteiger partial charge in [-0.3, -0.25) is 14.5 Å². The summed E-state index contributed by atoms with van der Waals surface area (Å²) in [5, 5.41) is 0. The SMILES string of the molecule is Cc1nc2c(c(N(C)CCN3C(=O)c4ccccc4C3=O)n1)CCCC2. The molecule has 2 aromatic rings. The molecule has 0 bridgehead atoms. The molecule has 6 nitrogen and oxygen atoms in total. The Kier molecular flexibility index (Phi) is 4.18. The van der Waals surface area contributed by atoms with Crippen LogP contribution < -0.4 is 4.90 Å². The third kappa shape index (κ3) is 2.75. The van der Waals surface area contributed by atoms with E-state index in [1.54, 1.807) is 24.3 Å². The van der Waals surface area contributed by atoms with Crippen LogP contribution >= 0.6 is 0 Å². The summed E-state index contributed by atoms with van der Waals surface area (Å²) in [7, 11) is 1.97. The molecule has 0 N–H and O–H groups in total. The zero-order valence-corrected chi connectivity index (χ0v) is 15.2. The highest BCUT2D eigenvalue weighted by molar-refractivity contribution is 6.21. The Bertz CT molecular complexity index is 858. The smallest absolute Gasteiger partial charge is 0.261 e. The summed E-state index contributed by atoms with van der Waals surface area (Å²) in [6.45, 7) is 2.81.